The molecule has 25 heavy (non-hydrogen) atoms. The zero-order valence-corrected chi connectivity index (χ0v) is 15.2. The van der Waals surface area contributed by atoms with Crippen LogP contribution in [0.4, 0.5) is 10.5 Å². The number of aryl methyl sites for hydroxylation is 1. The van der Waals surface area contributed by atoms with Crippen molar-refractivity contribution in [3.8, 4) is 5.69 Å². The van der Waals surface area contributed by atoms with E-state index in [1.807, 2.05) is 43.5 Å². The van der Waals surface area contributed by atoms with Gasteiger partial charge in [0, 0.05) is 19.3 Å². The fourth-order valence-electron chi connectivity index (χ4n) is 2.94. The van der Waals surface area contributed by atoms with Gasteiger partial charge in [0.05, 0.1) is 17.1 Å². The van der Waals surface area contributed by atoms with E-state index in [0.717, 1.165) is 24.2 Å². The fourth-order valence-corrected chi connectivity index (χ4v) is 2.94. The average Bonchev–Trinajstić information content (AvgIpc) is 3.05. The van der Waals surface area contributed by atoms with Crippen LogP contribution in [0.3, 0.4) is 0 Å². The zero-order chi connectivity index (χ0) is 18.3. The van der Waals surface area contributed by atoms with Gasteiger partial charge in [-0.05, 0) is 49.8 Å². The Morgan fingerprint density at radius 2 is 1.96 bits per heavy atom. The number of nitrogens with zero attached hydrogens (tertiary/aromatic N) is 2. The van der Waals surface area contributed by atoms with Gasteiger partial charge in [0.2, 0.25) is 0 Å². The minimum atomic E-state index is -0.249. The van der Waals surface area contributed by atoms with E-state index in [2.05, 4.69) is 29.6 Å². The van der Waals surface area contributed by atoms with Crippen molar-refractivity contribution in [1.29, 1.82) is 0 Å². The lowest BCUT2D eigenvalue weighted by atomic mass is 9.79. The van der Waals surface area contributed by atoms with Gasteiger partial charge < -0.3 is 15.7 Å². The number of aliphatic hydroxyl groups excluding tert-OH is 1. The Morgan fingerprint density at radius 1 is 1.24 bits per heavy atom. The van der Waals surface area contributed by atoms with Gasteiger partial charge >= 0.3 is 6.03 Å². The highest BCUT2D eigenvalue weighted by Crippen LogP contribution is 2.29. The largest absolute Gasteiger partial charge is 0.396 e. The smallest absolute Gasteiger partial charge is 0.319 e. The standard InChI is InChI=1S/C19H28N4O2/c1-4-19(5-2,11-13-24)14-20-18(25)21-16-8-6-7-9-17(16)23-12-10-15(3)22-23/h6-10,12,24H,4-5,11,13-14H2,1-3H3,(H2,20,21,25). The van der Waals surface area contributed by atoms with Gasteiger partial charge in [-0.3, -0.25) is 0 Å². The van der Waals surface area contributed by atoms with Crippen LogP contribution in [-0.2, 0) is 0 Å². The summed E-state index contributed by atoms with van der Waals surface area (Å²) >= 11 is 0. The van der Waals surface area contributed by atoms with E-state index in [-0.39, 0.29) is 18.1 Å². The molecular weight excluding hydrogens is 316 g/mol. The highest BCUT2D eigenvalue weighted by Gasteiger charge is 2.26. The minimum Gasteiger partial charge on any atom is -0.396 e. The van der Waals surface area contributed by atoms with E-state index < -0.39 is 0 Å². The molecule has 0 unspecified atom stereocenters. The Hall–Kier alpha value is -2.34. The van der Waals surface area contributed by atoms with Crippen LogP contribution in [-0.4, -0.2) is 34.1 Å². The first-order chi connectivity index (χ1) is 12.0. The van der Waals surface area contributed by atoms with Crippen LogP contribution in [0.15, 0.2) is 36.5 Å². The average molecular weight is 344 g/mol. The van der Waals surface area contributed by atoms with E-state index in [1.165, 1.54) is 0 Å². The number of rotatable bonds is 8. The summed E-state index contributed by atoms with van der Waals surface area (Å²) in [5, 5.41) is 19.6. The predicted octanol–water partition coefficient (Wildman–Crippen LogP) is 3.49. The quantitative estimate of drug-likeness (QED) is 0.686. The lowest BCUT2D eigenvalue weighted by Crippen LogP contribution is -2.39. The Bertz CT molecular complexity index is 692. The van der Waals surface area contributed by atoms with Crippen molar-refractivity contribution in [2.45, 2.75) is 40.0 Å². The van der Waals surface area contributed by atoms with E-state index in [9.17, 15) is 9.90 Å². The SMILES string of the molecule is CCC(CC)(CCO)CNC(=O)Nc1ccccc1-n1ccc(C)n1. The molecule has 2 aromatic rings. The molecule has 6 heteroatoms. The molecule has 0 aliphatic heterocycles. The summed E-state index contributed by atoms with van der Waals surface area (Å²) in [5.41, 5.74) is 2.37. The number of anilines is 1. The van der Waals surface area contributed by atoms with Crippen molar-refractivity contribution < 1.29 is 9.90 Å². The molecule has 0 fully saturated rings. The van der Waals surface area contributed by atoms with Crippen molar-refractivity contribution in [2.24, 2.45) is 5.41 Å². The Balaban J connectivity index is 2.06. The lowest BCUT2D eigenvalue weighted by molar-refractivity contribution is 0.165. The predicted molar refractivity (Wildman–Crippen MR) is 100 cm³/mol. The van der Waals surface area contributed by atoms with Crippen molar-refractivity contribution in [3.63, 3.8) is 0 Å². The number of carbonyl (C=O) groups excluding carboxylic acids is 1. The molecule has 0 saturated heterocycles. The number of urea groups is 1. The summed E-state index contributed by atoms with van der Waals surface area (Å²) in [6, 6.07) is 9.23. The number of aliphatic hydroxyl groups is 1. The molecule has 2 rings (SSSR count). The highest BCUT2D eigenvalue weighted by molar-refractivity contribution is 5.91. The number of nitrogens with one attached hydrogen (secondary N) is 2. The molecule has 0 saturated carbocycles. The Labute approximate surface area is 149 Å². The maximum absolute atomic E-state index is 12.4. The van der Waals surface area contributed by atoms with Crippen LogP contribution < -0.4 is 10.6 Å². The molecule has 1 aromatic heterocycles. The number of para-hydroxylation sites is 2. The van der Waals surface area contributed by atoms with Crippen LogP contribution in [0.5, 0.6) is 0 Å². The summed E-state index contributed by atoms with van der Waals surface area (Å²) in [4.78, 5) is 12.4. The third-order valence-electron chi connectivity index (χ3n) is 4.89. The maximum Gasteiger partial charge on any atom is 0.319 e. The molecule has 3 N–H and O–H groups in total. The van der Waals surface area contributed by atoms with Gasteiger partial charge in [0.1, 0.15) is 0 Å². The van der Waals surface area contributed by atoms with Gasteiger partial charge in [-0.2, -0.15) is 5.10 Å². The molecular formula is C19H28N4O2. The third-order valence-corrected chi connectivity index (χ3v) is 4.89. The van der Waals surface area contributed by atoms with Gasteiger partial charge in [-0.1, -0.05) is 26.0 Å². The fraction of sp³-hybridized carbons (Fsp3) is 0.474. The molecule has 0 aliphatic rings. The normalized spacial score (nSPS) is 11.4. The monoisotopic (exact) mass is 344 g/mol. The molecule has 0 bridgehead atoms. The summed E-state index contributed by atoms with van der Waals surface area (Å²) in [7, 11) is 0. The van der Waals surface area contributed by atoms with Crippen LogP contribution in [0.1, 0.15) is 38.8 Å². The minimum absolute atomic E-state index is 0.0648. The summed E-state index contributed by atoms with van der Waals surface area (Å²) in [6.07, 6.45) is 4.37. The molecule has 6 nitrogen and oxygen atoms in total. The van der Waals surface area contributed by atoms with Gasteiger partial charge in [0.15, 0.2) is 0 Å². The van der Waals surface area contributed by atoms with Crippen molar-refractivity contribution in [3.05, 3.63) is 42.2 Å². The van der Waals surface area contributed by atoms with Crippen LogP contribution >= 0.6 is 0 Å². The number of amides is 2. The number of benzene rings is 1. The van der Waals surface area contributed by atoms with Crippen LogP contribution in [0.25, 0.3) is 5.69 Å². The first-order valence-corrected chi connectivity index (χ1v) is 8.81. The van der Waals surface area contributed by atoms with Crippen LogP contribution in [0.2, 0.25) is 0 Å². The molecule has 0 radical (unpaired) electrons. The van der Waals surface area contributed by atoms with Gasteiger partial charge in [-0.15, -0.1) is 0 Å². The number of hydrogen-bond donors (Lipinski definition) is 3. The van der Waals surface area contributed by atoms with E-state index in [4.69, 9.17) is 0 Å². The Morgan fingerprint density at radius 3 is 2.56 bits per heavy atom. The summed E-state index contributed by atoms with van der Waals surface area (Å²) in [6.45, 7) is 6.78. The van der Waals surface area contributed by atoms with Crippen molar-refractivity contribution in [2.75, 3.05) is 18.5 Å². The number of aromatic nitrogens is 2. The second-order valence-electron chi connectivity index (χ2n) is 6.41. The molecule has 1 aromatic carbocycles. The lowest BCUT2D eigenvalue weighted by Gasteiger charge is -2.31. The Kier molecular flexibility index (Phi) is 6.58. The topological polar surface area (TPSA) is 79.2 Å². The van der Waals surface area contributed by atoms with Crippen molar-refractivity contribution in [1.82, 2.24) is 15.1 Å². The van der Waals surface area contributed by atoms with E-state index in [0.29, 0.717) is 18.7 Å². The number of carbonyl (C=O) groups is 1. The molecule has 136 valence electrons. The molecule has 2 amide bonds. The van der Waals surface area contributed by atoms with E-state index in [1.54, 1.807) is 4.68 Å². The van der Waals surface area contributed by atoms with E-state index >= 15 is 0 Å². The summed E-state index contributed by atoms with van der Waals surface area (Å²) < 4.78 is 1.75. The molecule has 0 atom stereocenters. The highest BCUT2D eigenvalue weighted by atomic mass is 16.3. The van der Waals surface area contributed by atoms with Gasteiger partial charge in [-0.25, -0.2) is 9.48 Å². The molecule has 1 heterocycles. The number of hydrogen-bond acceptors (Lipinski definition) is 3. The maximum atomic E-state index is 12.4. The molecule has 0 aliphatic carbocycles. The van der Waals surface area contributed by atoms with Crippen LogP contribution in [0, 0.1) is 12.3 Å². The second-order valence-corrected chi connectivity index (χ2v) is 6.41. The second kappa shape index (κ2) is 8.67. The zero-order valence-electron chi connectivity index (χ0n) is 15.2. The van der Waals surface area contributed by atoms with Crippen molar-refractivity contribution >= 4 is 11.7 Å². The first kappa shape index (κ1) is 19.0. The van der Waals surface area contributed by atoms with Gasteiger partial charge in [0.25, 0.3) is 0 Å². The first-order valence-electron chi connectivity index (χ1n) is 8.81. The summed E-state index contributed by atoms with van der Waals surface area (Å²) in [5.74, 6) is 0. The molecule has 0 spiro atoms. The third kappa shape index (κ3) is 4.82.